The van der Waals surface area contributed by atoms with Crippen LogP contribution in [0.25, 0.3) is 0 Å². The van der Waals surface area contributed by atoms with Crippen LogP contribution in [0.5, 0.6) is 0 Å². The van der Waals surface area contributed by atoms with Gasteiger partial charge in [-0.15, -0.1) is 11.3 Å². The second-order valence-corrected chi connectivity index (χ2v) is 6.08. The Bertz CT molecular complexity index is 523. The largest absolute Gasteiger partial charge is 0.387 e. The first-order valence-electron chi connectivity index (χ1n) is 6.87. The van der Waals surface area contributed by atoms with Crippen LogP contribution in [0.2, 0.25) is 0 Å². The maximum Gasteiger partial charge on any atom is 0.0914 e. The molecule has 0 radical (unpaired) electrons. The molecular weight excluding hydrogens is 254 g/mol. The maximum atomic E-state index is 10.2. The summed E-state index contributed by atoms with van der Waals surface area (Å²) in [4.78, 5) is 1.51. The van der Waals surface area contributed by atoms with Gasteiger partial charge < -0.3 is 10.4 Å². The Morgan fingerprint density at radius 1 is 1.26 bits per heavy atom. The molecule has 100 valence electrons. The molecule has 0 bridgehead atoms. The number of hydrogen-bond acceptors (Lipinski definition) is 3. The molecule has 0 aliphatic heterocycles. The second kappa shape index (κ2) is 5.87. The van der Waals surface area contributed by atoms with Crippen LogP contribution in [0.1, 0.15) is 41.0 Å². The van der Waals surface area contributed by atoms with Crippen LogP contribution in [0.4, 0.5) is 0 Å². The average molecular weight is 273 g/mol. The number of thiophene rings is 1. The highest BCUT2D eigenvalue weighted by Gasteiger charge is 2.21. The number of fused-ring (bicyclic) bond motifs is 1. The fourth-order valence-corrected chi connectivity index (χ4v) is 3.73. The Balaban J connectivity index is 1.62. The zero-order chi connectivity index (χ0) is 13.1. The van der Waals surface area contributed by atoms with Crippen molar-refractivity contribution in [2.45, 2.75) is 31.4 Å². The highest BCUT2D eigenvalue weighted by atomic mass is 32.1. The summed E-state index contributed by atoms with van der Waals surface area (Å²) in [6.45, 7) is 0.615. The molecule has 0 saturated carbocycles. The van der Waals surface area contributed by atoms with E-state index in [0.29, 0.717) is 12.6 Å². The maximum absolute atomic E-state index is 10.2. The van der Waals surface area contributed by atoms with Gasteiger partial charge in [-0.05, 0) is 41.8 Å². The molecule has 0 fully saturated rings. The third-order valence-electron chi connectivity index (χ3n) is 3.79. The Hall–Kier alpha value is -1.16. The van der Waals surface area contributed by atoms with Crippen molar-refractivity contribution in [3.63, 3.8) is 0 Å². The van der Waals surface area contributed by atoms with Crippen molar-refractivity contribution >= 4 is 11.3 Å². The van der Waals surface area contributed by atoms with Crippen LogP contribution in [-0.2, 0) is 6.42 Å². The lowest BCUT2D eigenvalue weighted by atomic mass is 9.94. The molecule has 0 saturated heterocycles. The van der Waals surface area contributed by atoms with Crippen LogP contribution in [0.3, 0.4) is 0 Å². The Morgan fingerprint density at radius 2 is 2.11 bits per heavy atom. The lowest BCUT2D eigenvalue weighted by Gasteiger charge is -2.25. The van der Waals surface area contributed by atoms with Crippen molar-refractivity contribution in [3.05, 3.63) is 57.8 Å². The van der Waals surface area contributed by atoms with Crippen molar-refractivity contribution in [1.82, 2.24) is 5.32 Å². The average Bonchev–Trinajstić information content (AvgIpc) is 2.94. The Kier molecular flexibility index (Phi) is 3.97. The monoisotopic (exact) mass is 273 g/mol. The van der Waals surface area contributed by atoms with Gasteiger partial charge >= 0.3 is 0 Å². The molecule has 1 aromatic heterocycles. The number of hydrogen-bond donors (Lipinski definition) is 2. The van der Waals surface area contributed by atoms with E-state index in [9.17, 15) is 5.11 Å². The van der Waals surface area contributed by atoms with Gasteiger partial charge in [0, 0.05) is 17.5 Å². The molecule has 2 nitrogen and oxygen atoms in total. The summed E-state index contributed by atoms with van der Waals surface area (Å²) in [7, 11) is 0. The molecule has 0 spiro atoms. The van der Waals surface area contributed by atoms with E-state index >= 15 is 0 Å². The molecule has 1 aromatic carbocycles. The minimum Gasteiger partial charge on any atom is -0.387 e. The van der Waals surface area contributed by atoms with Gasteiger partial charge in [0.15, 0.2) is 0 Å². The number of aliphatic hydroxyl groups excluding tert-OH is 1. The quantitative estimate of drug-likeness (QED) is 0.894. The van der Waals surface area contributed by atoms with Crippen molar-refractivity contribution in [1.29, 1.82) is 0 Å². The molecule has 3 heteroatoms. The van der Waals surface area contributed by atoms with Gasteiger partial charge in [0.25, 0.3) is 0 Å². The van der Waals surface area contributed by atoms with E-state index < -0.39 is 6.10 Å². The summed E-state index contributed by atoms with van der Waals surface area (Å²) in [6.07, 6.45) is 3.20. The third kappa shape index (κ3) is 2.89. The van der Waals surface area contributed by atoms with Gasteiger partial charge in [-0.25, -0.2) is 0 Å². The Labute approximate surface area is 118 Å². The van der Waals surface area contributed by atoms with Crippen molar-refractivity contribution in [2.75, 3.05) is 6.54 Å². The number of aliphatic hydroxyl groups is 1. The summed E-state index contributed by atoms with van der Waals surface area (Å²) < 4.78 is 0. The van der Waals surface area contributed by atoms with Gasteiger partial charge in [0.05, 0.1) is 6.10 Å². The van der Waals surface area contributed by atoms with Crippen LogP contribution >= 0.6 is 11.3 Å². The summed E-state index contributed by atoms with van der Waals surface area (Å²) in [5.74, 6) is 0. The van der Waals surface area contributed by atoms with Crippen LogP contribution in [0.15, 0.2) is 41.8 Å². The van der Waals surface area contributed by atoms with E-state index in [4.69, 9.17) is 0 Å². The fraction of sp³-hybridized carbons (Fsp3) is 0.375. The minimum atomic E-state index is -0.426. The molecule has 2 N–H and O–H groups in total. The third-order valence-corrected chi connectivity index (χ3v) is 4.79. The molecule has 0 amide bonds. The van der Waals surface area contributed by atoms with Crippen molar-refractivity contribution in [2.24, 2.45) is 0 Å². The topological polar surface area (TPSA) is 32.3 Å². The lowest BCUT2D eigenvalue weighted by Crippen LogP contribution is -2.28. The first-order valence-corrected chi connectivity index (χ1v) is 7.75. The molecular formula is C16H19NOS. The van der Waals surface area contributed by atoms with E-state index in [1.165, 1.54) is 29.7 Å². The highest BCUT2D eigenvalue weighted by Crippen LogP contribution is 2.33. The SMILES string of the molecule is OC(CNC1CCCc2sccc21)c1ccccc1. The second-order valence-electron chi connectivity index (χ2n) is 5.08. The molecule has 2 atom stereocenters. The molecule has 1 aliphatic rings. The summed E-state index contributed by atoms with van der Waals surface area (Å²) >= 11 is 1.86. The number of nitrogens with one attached hydrogen (secondary N) is 1. The predicted octanol–water partition coefficient (Wildman–Crippen LogP) is 3.45. The van der Waals surface area contributed by atoms with E-state index in [1.54, 1.807) is 0 Å². The normalized spacial score (nSPS) is 19.9. The Morgan fingerprint density at radius 3 is 2.95 bits per heavy atom. The zero-order valence-corrected chi connectivity index (χ0v) is 11.7. The standard InChI is InChI=1S/C16H19NOS/c18-15(12-5-2-1-3-6-12)11-17-14-7-4-8-16-13(14)9-10-19-16/h1-3,5-6,9-10,14-15,17-18H,4,7-8,11H2. The van der Waals surface area contributed by atoms with Gasteiger partial charge in [-0.1, -0.05) is 30.3 Å². The van der Waals surface area contributed by atoms with E-state index in [0.717, 1.165) is 5.56 Å². The minimum absolute atomic E-state index is 0.411. The summed E-state index contributed by atoms with van der Waals surface area (Å²) in [6, 6.07) is 12.5. The van der Waals surface area contributed by atoms with Crippen molar-refractivity contribution in [3.8, 4) is 0 Å². The van der Waals surface area contributed by atoms with E-state index in [2.05, 4.69) is 16.8 Å². The van der Waals surface area contributed by atoms with E-state index in [1.807, 2.05) is 41.7 Å². The molecule has 2 unspecified atom stereocenters. The van der Waals surface area contributed by atoms with Crippen LogP contribution in [0, 0.1) is 0 Å². The molecule has 3 rings (SSSR count). The molecule has 1 aliphatic carbocycles. The van der Waals surface area contributed by atoms with Crippen LogP contribution in [-0.4, -0.2) is 11.7 Å². The van der Waals surface area contributed by atoms with Gasteiger partial charge in [0.2, 0.25) is 0 Å². The van der Waals surface area contributed by atoms with E-state index in [-0.39, 0.29) is 0 Å². The smallest absolute Gasteiger partial charge is 0.0914 e. The first kappa shape index (κ1) is 12.9. The fourth-order valence-electron chi connectivity index (χ4n) is 2.75. The predicted molar refractivity (Wildman–Crippen MR) is 79.4 cm³/mol. The number of rotatable bonds is 4. The molecule has 1 heterocycles. The van der Waals surface area contributed by atoms with Gasteiger partial charge in [0.1, 0.15) is 0 Å². The molecule has 19 heavy (non-hydrogen) atoms. The highest BCUT2D eigenvalue weighted by molar-refractivity contribution is 7.10. The van der Waals surface area contributed by atoms with Gasteiger partial charge in [-0.3, -0.25) is 0 Å². The molecule has 2 aromatic rings. The first-order chi connectivity index (χ1) is 9.34. The van der Waals surface area contributed by atoms with Crippen LogP contribution < -0.4 is 5.32 Å². The van der Waals surface area contributed by atoms with Crippen molar-refractivity contribution < 1.29 is 5.11 Å². The lowest BCUT2D eigenvalue weighted by molar-refractivity contribution is 0.168. The summed E-state index contributed by atoms with van der Waals surface area (Å²) in [5, 5.41) is 15.9. The number of aryl methyl sites for hydroxylation is 1. The van der Waals surface area contributed by atoms with Gasteiger partial charge in [-0.2, -0.15) is 0 Å². The number of benzene rings is 1. The summed E-state index contributed by atoms with van der Waals surface area (Å²) in [5.41, 5.74) is 2.42. The zero-order valence-electron chi connectivity index (χ0n) is 10.9.